The predicted octanol–water partition coefficient (Wildman–Crippen LogP) is 6.42. The number of anilines is 2. The summed E-state index contributed by atoms with van der Waals surface area (Å²) in [7, 11) is 0. The highest BCUT2D eigenvalue weighted by molar-refractivity contribution is 7.19. The van der Waals surface area contributed by atoms with E-state index in [4.69, 9.17) is 0 Å². The first kappa shape index (κ1) is 17.6. The van der Waals surface area contributed by atoms with Crippen molar-refractivity contribution in [3.8, 4) is 11.1 Å². The van der Waals surface area contributed by atoms with Gasteiger partial charge >= 0.3 is 0 Å². The van der Waals surface area contributed by atoms with E-state index in [-0.39, 0.29) is 5.82 Å². The van der Waals surface area contributed by atoms with Gasteiger partial charge in [0.05, 0.1) is 5.39 Å². The smallest absolute Gasteiger partial charge is 0.143 e. The van der Waals surface area contributed by atoms with Gasteiger partial charge in [0.2, 0.25) is 0 Å². The Hall–Kier alpha value is -2.79. The number of fused-ring (bicyclic) bond motifs is 1. The third kappa shape index (κ3) is 3.43. The summed E-state index contributed by atoms with van der Waals surface area (Å²) in [6.07, 6.45) is 1.01. The lowest BCUT2D eigenvalue weighted by Gasteiger charge is -2.11. The first-order valence-electron chi connectivity index (χ1n) is 8.95. The molecule has 0 radical (unpaired) electrons. The van der Waals surface area contributed by atoms with Crippen molar-refractivity contribution in [2.24, 2.45) is 0 Å². The van der Waals surface area contributed by atoms with Gasteiger partial charge in [-0.05, 0) is 55.7 Å². The number of rotatable bonds is 4. The fourth-order valence-electron chi connectivity index (χ4n) is 3.23. The molecule has 0 atom stereocenters. The van der Waals surface area contributed by atoms with Crippen molar-refractivity contribution in [3.63, 3.8) is 0 Å². The van der Waals surface area contributed by atoms with Crippen LogP contribution in [0.25, 0.3) is 21.3 Å². The van der Waals surface area contributed by atoms with Gasteiger partial charge in [-0.25, -0.2) is 14.4 Å². The number of benzene rings is 2. The maximum absolute atomic E-state index is 13.4. The molecule has 1 N–H and O–H groups in total. The Morgan fingerprint density at radius 2 is 1.67 bits per heavy atom. The molecular formula is C22H20FN3S. The molecule has 3 nitrogen and oxygen atoms in total. The van der Waals surface area contributed by atoms with Crippen LogP contribution >= 0.6 is 11.3 Å². The van der Waals surface area contributed by atoms with E-state index in [2.05, 4.69) is 53.4 Å². The molecule has 0 bridgehead atoms. The number of hydrogen-bond acceptors (Lipinski definition) is 4. The maximum Gasteiger partial charge on any atom is 0.143 e. The third-order valence-electron chi connectivity index (χ3n) is 4.60. The van der Waals surface area contributed by atoms with E-state index < -0.39 is 0 Å². The predicted molar refractivity (Wildman–Crippen MR) is 111 cm³/mol. The third-order valence-corrected chi connectivity index (χ3v) is 5.60. The number of halogens is 1. The molecule has 2 heterocycles. The lowest BCUT2D eigenvalue weighted by Crippen LogP contribution is -1.98. The standard InChI is InChI=1S/C22H20FN3S/c1-4-15-5-11-18(12-6-15)26-21-20-19(16-7-9-17(23)10-8-16)13(2)27-22(20)25-14(3)24-21/h5-12H,4H2,1-3H3,(H,24,25,26). The van der Waals surface area contributed by atoms with E-state index in [1.807, 2.05) is 19.1 Å². The monoisotopic (exact) mass is 377 g/mol. The topological polar surface area (TPSA) is 37.8 Å². The molecule has 0 aliphatic rings. The van der Waals surface area contributed by atoms with Crippen molar-refractivity contribution in [1.82, 2.24) is 9.97 Å². The molecular weight excluding hydrogens is 357 g/mol. The quantitative estimate of drug-likeness (QED) is 0.446. The Kier molecular flexibility index (Phi) is 4.62. The zero-order chi connectivity index (χ0) is 19.0. The molecule has 0 spiro atoms. The molecule has 2 aromatic heterocycles. The van der Waals surface area contributed by atoms with Gasteiger partial charge in [-0.3, -0.25) is 0 Å². The first-order valence-corrected chi connectivity index (χ1v) is 9.76. The fraction of sp³-hybridized carbons (Fsp3) is 0.182. The second-order valence-electron chi connectivity index (χ2n) is 6.52. The SMILES string of the molecule is CCc1ccc(Nc2nc(C)nc3sc(C)c(-c4ccc(F)cc4)c23)cc1. The fourth-order valence-corrected chi connectivity index (χ4v) is 4.32. The molecule has 4 aromatic rings. The number of aromatic nitrogens is 2. The molecule has 2 aromatic carbocycles. The van der Waals surface area contributed by atoms with Gasteiger partial charge in [0, 0.05) is 16.1 Å². The second kappa shape index (κ2) is 7.08. The van der Waals surface area contributed by atoms with Crippen LogP contribution in [0.4, 0.5) is 15.9 Å². The zero-order valence-electron chi connectivity index (χ0n) is 15.5. The molecule has 4 rings (SSSR count). The van der Waals surface area contributed by atoms with Gasteiger partial charge in [-0.15, -0.1) is 11.3 Å². The average molecular weight is 377 g/mol. The summed E-state index contributed by atoms with van der Waals surface area (Å²) in [4.78, 5) is 11.4. The minimum absolute atomic E-state index is 0.239. The van der Waals surface area contributed by atoms with Crippen LogP contribution in [0.1, 0.15) is 23.2 Å². The van der Waals surface area contributed by atoms with Crippen molar-refractivity contribution < 1.29 is 4.39 Å². The number of nitrogens with zero attached hydrogens (tertiary/aromatic N) is 2. The summed E-state index contributed by atoms with van der Waals surface area (Å²) in [5, 5.41) is 4.44. The number of hydrogen-bond donors (Lipinski definition) is 1. The van der Waals surface area contributed by atoms with Crippen LogP contribution in [0.3, 0.4) is 0 Å². The van der Waals surface area contributed by atoms with Crippen LogP contribution in [0.15, 0.2) is 48.5 Å². The van der Waals surface area contributed by atoms with Crippen LogP contribution in [0.5, 0.6) is 0 Å². The van der Waals surface area contributed by atoms with E-state index >= 15 is 0 Å². The van der Waals surface area contributed by atoms with E-state index in [1.165, 1.54) is 17.7 Å². The van der Waals surface area contributed by atoms with Gasteiger partial charge in [-0.2, -0.15) is 0 Å². The lowest BCUT2D eigenvalue weighted by molar-refractivity contribution is 0.628. The molecule has 0 saturated heterocycles. The van der Waals surface area contributed by atoms with Gasteiger partial charge in [-0.1, -0.05) is 31.2 Å². The van der Waals surface area contributed by atoms with Crippen molar-refractivity contribution in [3.05, 3.63) is 70.6 Å². The molecule has 0 aliphatic carbocycles. The van der Waals surface area contributed by atoms with Crippen molar-refractivity contribution in [1.29, 1.82) is 0 Å². The van der Waals surface area contributed by atoms with Gasteiger partial charge in [0.25, 0.3) is 0 Å². The first-order chi connectivity index (χ1) is 13.0. The summed E-state index contributed by atoms with van der Waals surface area (Å²) in [5.74, 6) is 1.27. The van der Waals surface area contributed by atoms with Gasteiger partial charge < -0.3 is 5.32 Å². The molecule has 0 fully saturated rings. The van der Waals surface area contributed by atoms with Crippen LogP contribution in [-0.4, -0.2) is 9.97 Å². The highest BCUT2D eigenvalue weighted by Crippen LogP contribution is 2.41. The molecule has 0 aliphatic heterocycles. The molecule has 0 amide bonds. The number of nitrogens with one attached hydrogen (secondary N) is 1. The Morgan fingerprint density at radius 3 is 2.33 bits per heavy atom. The van der Waals surface area contributed by atoms with Crippen LogP contribution in [0.2, 0.25) is 0 Å². The molecule has 27 heavy (non-hydrogen) atoms. The maximum atomic E-state index is 13.4. The summed E-state index contributed by atoms with van der Waals surface area (Å²) >= 11 is 1.64. The Balaban J connectivity index is 1.87. The number of aryl methyl sites for hydroxylation is 3. The minimum atomic E-state index is -0.239. The van der Waals surface area contributed by atoms with Crippen molar-refractivity contribution in [2.75, 3.05) is 5.32 Å². The highest BCUT2D eigenvalue weighted by atomic mass is 32.1. The summed E-state index contributed by atoms with van der Waals surface area (Å²) in [6.45, 7) is 6.11. The van der Waals surface area contributed by atoms with E-state index in [0.717, 1.165) is 50.0 Å². The highest BCUT2D eigenvalue weighted by Gasteiger charge is 2.18. The molecule has 5 heteroatoms. The van der Waals surface area contributed by atoms with Crippen molar-refractivity contribution >= 4 is 33.1 Å². The van der Waals surface area contributed by atoms with Gasteiger partial charge in [0.15, 0.2) is 0 Å². The van der Waals surface area contributed by atoms with E-state index in [1.54, 1.807) is 11.3 Å². The van der Waals surface area contributed by atoms with E-state index in [0.29, 0.717) is 0 Å². The largest absolute Gasteiger partial charge is 0.340 e. The summed E-state index contributed by atoms with van der Waals surface area (Å²) in [5.41, 5.74) is 4.31. The van der Waals surface area contributed by atoms with Crippen LogP contribution in [0, 0.1) is 19.7 Å². The Labute approximate surface area is 161 Å². The van der Waals surface area contributed by atoms with Crippen LogP contribution in [-0.2, 0) is 6.42 Å². The number of thiophene rings is 1. The van der Waals surface area contributed by atoms with Gasteiger partial charge in [0.1, 0.15) is 22.3 Å². The molecule has 0 unspecified atom stereocenters. The summed E-state index contributed by atoms with van der Waals surface area (Å²) < 4.78 is 13.4. The normalized spacial score (nSPS) is 11.1. The van der Waals surface area contributed by atoms with E-state index in [9.17, 15) is 4.39 Å². The summed E-state index contributed by atoms with van der Waals surface area (Å²) in [6, 6.07) is 15.0. The van der Waals surface area contributed by atoms with Crippen molar-refractivity contribution in [2.45, 2.75) is 27.2 Å². The molecule has 136 valence electrons. The minimum Gasteiger partial charge on any atom is -0.340 e. The van der Waals surface area contributed by atoms with Crippen LogP contribution < -0.4 is 5.32 Å². The zero-order valence-corrected chi connectivity index (χ0v) is 16.3. The average Bonchev–Trinajstić information content (AvgIpc) is 2.99. The Bertz CT molecular complexity index is 1100. The Morgan fingerprint density at radius 1 is 0.963 bits per heavy atom. The second-order valence-corrected chi connectivity index (χ2v) is 7.72. The lowest BCUT2D eigenvalue weighted by atomic mass is 10.0. The molecule has 0 saturated carbocycles.